The Bertz CT molecular complexity index is 611. The van der Waals surface area contributed by atoms with Crippen LogP contribution in [-0.2, 0) is 19.6 Å². The number of aryl methyl sites for hydroxylation is 1. The van der Waals surface area contributed by atoms with Crippen LogP contribution >= 0.6 is 0 Å². The van der Waals surface area contributed by atoms with Gasteiger partial charge in [0.15, 0.2) is 5.03 Å². The van der Waals surface area contributed by atoms with E-state index in [4.69, 9.17) is 4.74 Å². The molecule has 1 amide bonds. The van der Waals surface area contributed by atoms with Gasteiger partial charge in [-0.25, -0.2) is 13.4 Å². The van der Waals surface area contributed by atoms with Gasteiger partial charge in [0.2, 0.25) is 5.91 Å². The summed E-state index contributed by atoms with van der Waals surface area (Å²) < 4.78 is 31.7. The molecule has 1 unspecified atom stereocenters. The predicted molar refractivity (Wildman–Crippen MR) is 75.1 cm³/mol. The van der Waals surface area contributed by atoms with Gasteiger partial charge in [-0.05, 0) is 20.8 Å². The van der Waals surface area contributed by atoms with Crippen molar-refractivity contribution in [3.63, 3.8) is 0 Å². The molecule has 0 radical (unpaired) electrons. The summed E-state index contributed by atoms with van der Waals surface area (Å²) >= 11 is 0. The third kappa shape index (κ3) is 3.42. The number of morpholine rings is 1. The first-order chi connectivity index (χ1) is 9.82. The molecule has 2 N–H and O–H groups in total. The van der Waals surface area contributed by atoms with Gasteiger partial charge >= 0.3 is 0 Å². The van der Waals surface area contributed by atoms with Crippen molar-refractivity contribution >= 4 is 15.9 Å². The van der Waals surface area contributed by atoms with Crippen LogP contribution in [0, 0.1) is 6.92 Å². The summed E-state index contributed by atoms with van der Waals surface area (Å²) in [5.41, 5.74) is 0. The van der Waals surface area contributed by atoms with Gasteiger partial charge in [0, 0.05) is 12.6 Å². The lowest BCUT2D eigenvalue weighted by molar-refractivity contribution is -0.129. The molecule has 2 heterocycles. The van der Waals surface area contributed by atoms with Gasteiger partial charge in [-0.1, -0.05) is 0 Å². The number of amides is 1. The largest absolute Gasteiger partial charge is 0.378 e. The number of hydrogen-bond acceptors (Lipinski definition) is 5. The Labute approximate surface area is 123 Å². The quantitative estimate of drug-likeness (QED) is 0.789. The second-order valence-corrected chi connectivity index (χ2v) is 7.06. The lowest BCUT2D eigenvalue weighted by atomic mass is 10.2. The van der Waals surface area contributed by atoms with Crippen molar-refractivity contribution in [3.8, 4) is 0 Å². The van der Waals surface area contributed by atoms with Crippen molar-refractivity contribution in [2.45, 2.75) is 37.9 Å². The Morgan fingerprint density at radius 3 is 2.86 bits per heavy atom. The zero-order valence-electron chi connectivity index (χ0n) is 12.3. The van der Waals surface area contributed by atoms with Crippen LogP contribution < -0.4 is 5.32 Å². The number of ether oxygens (including phenoxy) is 1. The third-order valence-corrected chi connectivity index (χ3v) is 4.90. The van der Waals surface area contributed by atoms with Crippen LogP contribution in [0.4, 0.5) is 0 Å². The number of rotatable bonds is 4. The van der Waals surface area contributed by atoms with E-state index in [0.717, 1.165) is 0 Å². The number of sulfonamides is 1. The van der Waals surface area contributed by atoms with Crippen LogP contribution in [0.15, 0.2) is 11.2 Å². The number of imidazole rings is 1. The molecular weight excluding hydrogens is 296 g/mol. The summed E-state index contributed by atoms with van der Waals surface area (Å²) in [5.74, 6) is 0.148. The Hall–Kier alpha value is -1.45. The number of carbonyl (C=O) groups excluding carboxylic acids is 1. The molecule has 118 valence electrons. The maximum Gasteiger partial charge on any atom is 0.261 e. The molecule has 0 spiro atoms. The molecule has 1 saturated heterocycles. The van der Waals surface area contributed by atoms with E-state index in [-0.39, 0.29) is 36.7 Å². The lowest BCUT2D eigenvalue weighted by Crippen LogP contribution is -2.56. The van der Waals surface area contributed by atoms with Gasteiger partial charge in [0.05, 0.1) is 19.4 Å². The van der Waals surface area contributed by atoms with Gasteiger partial charge in [-0.2, -0.15) is 4.31 Å². The van der Waals surface area contributed by atoms with E-state index in [1.807, 2.05) is 13.8 Å². The average molecular weight is 316 g/mol. The minimum atomic E-state index is -3.80. The fourth-order valence-electron chi connectivity index (χ4n) is 2.12. The molecule has 2 rings (SSSR count). The van der Waals surface area contributed by atoms with E-state index in [1.54, 1.807) is 6.92 Å². The molecule has 0 saturated carbocycles. The van der Waals surface area contributed by atoms with E-state index in [1.165, 1.54) is 10.5 Å². The lowest BCUT2D eigenvalue weighted by Gasteiger charge is -2.33. The normalized spacial score (nSPS) is 20.7. The van der Waals surface area contributed by atoms with Gasteiger partial charge < -0.3 is 15.0 Å². The molecule has 1 aliphatic rings. The fourth-order valence-corrected chi connectivity index (χ4v) is 3.64. The fraction of sp³-hybridized carbons (Fsp3) is 0.667. The highest BCUT2D eigenvalue weighted by Gasteiger charge is 2.39. The van der Waals surface area contributed by atoms with Crippen LogP contribution in [0.2, 0.25) is 0 Å². The summed E-state index contributed by atoms with van der Waals surface area (Å²) in [4.78, 5) is 18.8. The summed E-state index contributed by atoms with van der Waals surface area (Å²) in [5, 5.41) is 2.71. The van der Waals surface area contributed by atoms with Crippen LogP contribution in [0.1, 0.15) is 19.7 Å². The topological polar surface area (TPSA) is 104 Å². The molecule has 1 aromatic rings. The van der Waals surface area contributed by atoms with Crippen molar-refractivity contribution in [3.05, 3.63) is 12.0 Å². The monoisotopic (exact) mass is 316 g/mol. The second kappa shape index (κ2) is 6.12. The summed E-state index contributed by atoms with van der Waals surface area (Å²) in [6.07, 6.45) is 1.26. The second-order valence-electron chi connectivity index (χ2n) is 5.20. The van der Waals surface area contributed by atoms with Gasteiger partial charge in [-0.3, -0.25) is 4.79 Å². The van der Waals surface area contributed by atoms with Gasteiger partial charge in [-0.15, -0.1) is 0 Å². The van der Waals surface area contributed by atoms with Crippen molar-refractivity contribution in [1.82, 2.24) is 19.6 Å². The minimum absolute atomic E-state index is 0.00996. The summed E-state index contributed by atoms with van der Waals surface area (Å²) in [6.45, 7) is 5.75. The highest BCUT2D eigenvalue weighted by molar-refractivity contribution is 7.89. The van der Waals surface area contributed by atoms with Crippen molar-refractivity contribution < 1.29 is 17.9 Å². The number of hydrogen-bond donors (Lipinski definition) is 2. The summed E-state index contributed by atoms with van der Waals surface area (Å²) in [7, 11) is -3.80. The standard InChI is InChI=1S/C12H20N4O4S/c1-8(2)14-12(17)10-7-20-5-4-16(10)21(18,19)11-6-13-9(3)15-11/h6,8,10H,4-5,7H2,1-3H3,(H,13,15)(H,14,17). The van der Waals surface area contributed by atoms with Crippen LogP contribution in [0.5, 0.6) is 0 Å². The maximum atomic E-state index is 12.6. The molecule has 1 fully saturated rings. The molecule has 1 atom stereocenters. The summed E-state index contributed by atoms with van der Waals surface area (Å²) in [6, 6.07) is -0.937. The Morgan fingerprint density at radius 1 is 1.57 bits per heavy atom. The zero-order chi connectivity index (χ0) is 15.6. The molecule has 0 aliphatic carbocycles. The number of carbonyl (C=O) groups is 1. The van der Waals surface area contributed by atoms with Gasteiger partial charge in [0.1, 0.15) is 11.9 Å². The average Bonchev–Trinajstić information content (AvgIpc) is 2.85. The Kier molecular flexibility index (Phi) is 4.64. The van der Waals surface area contributed by atoms with Crippen molar-refractivity contribution in [2.24, 2.45) is 0 Å². The van der Waals surface area contributed by atoms with E-state index in [9.17, 15) is 13.2 Å². The Balaban J connectivity index is 2.28. The highest BCUT2D eigenvalue weighted by Crippen LogP contribution is 2.19. The molecule has 21 heavy (non-hydrogen) atoms. The molecular formula is C12H20N4O4S. The van der Waals surface area contributed by atoms with Crippen LogP contribution in [0.3, 0.4) is 0 Å². The zero-order valence-corrected chi connectivity index (χ0v) is 13.1. The number of nitrogens with zero attached hydrogens (tertiary/aromatic N) is 2. The smallest absolute Gasteiger partial charge is 0.261 e. The number of nitrogens with one attached hydrogen (secondary N) is 2. The number of H-pyrrole nitrogens is 1. The Morgan fingerprint density at radius 2 is 2.29 bits per heavy atom. The van der Waals surface area contributed by atoms with Gasteiger partial charge in [0.25, 0.3) is 10.0 Å². The first-order valence-corrected chi connectivity index (χ1v) is 8.18. The number of aromatic nitrogens is 2. The third-order valence-electron chi connectivity index (χ3n) is 3.08. The van der Waals surface area contributed by atoms with E-state index < -0.39 is 16.1 Å². The molecule has 0 aromatic carbocycles. The van der Waals surface area contributed by atoms with E-state index in [0.29, 0.717) is 5.82 Å². The molecule has 8 nitrogen and oxygen atoms in total. The molecule has 1 aromatic heterocycles. The maximum absolute atomic E-state index is 12.6. The molecule has 0 bridgehead atoms. The van der Waals surface area contributed by atoms with Crippen molar-refractivity contribution in [1.29, 1.82) is 0 Å². The van der Waals surface area contributed by atoms with E-state index in [2.05, 4.69) is 15.3 Å². The van der Waals surface area contributed by atoms with Crippen LogP contribution in [0.25, 0.3) is 0 Å². The highest BCUT2D eigenvalue weighted by atomic mass is 32.2. The predicted octanol–water partition coefficient (Wildman–Crippen LogP) is -0.368. The SMILES string of the molecule is Cc1ncc(S(=O)(=O)N2CCOCC2C(=O)NC(C)C)[nH]1. The minimum Gasteiger partial charge on any atom is -0.378 e. The molecule has 9 heteroatoms. The first kappa shape index (κ1) is 15.9. The van der Waals surface area contributed by atoms with Crippen LogP contribution in [-0.4, -0.2) is 60.4 Å². The van der Waals surface area contributed by atoms with Crippen molar-refractivity contribution in [2.75, 3.05) is 19.8 Å². The molecule has 1 aliphatic heterocycles. The first-order valence-electron chi connectivity index (χ1n) is 6.74. The van der Waals surface area contributed by atoms with E-state index >= 15 is 0 Å². The number of aromatic amines is 1.